The molecular weight excluding hydrogens is 226 g/mol. The average molecular weight is 240 g/mol. The van der Waals surface area contributed by atoms with Crippen LogP contribution >= 0.6 is 11.6 Å². The number of hydrogen-bond donors (Lipinski definition) is 0. The van der Waals surface area contributed by atoms with Gasteiger partial charge >= 0.3 is 0 Å². The third-order valence-electron chi connectivity index (χ3n) is 2.55. The number of nitrogens with zero attached hydrogens (tertiary/aromatic N) is 1. The van der Waals surface area contributed by atoms with Crippen molar-refractivity contribution < 1.29 is 9.53 Å². The lowest BCUT2D eigenvalue weighted by Crippen LogP contribution is -2.36. The molecule has 0 saturated carbocycles. The first-order valence-corrected chi connectivity index (χ1v) is 5.81. The first-order valence-electron chi connectivity index (χ1n) is 5.37. The van der Waals surface area contributed by atoms with Crippen LogP contribution in [0, 0.1) is 0 Å². The first kappa shape index (κ1) is 11.3. The van der Waals surface area contributed by atoms with Crippen molar-refractivity contribution in [3.63, 3.8) is 0 Å². The standard InChI is InChI=1S/C12H14ClNO2/c1-9(13)12(15)14-7-4-8-16-11-6-3-2-5-10(11)14/h2-3,5-6,9H,4,7-8H2,1H3. The van der Waals surface area contributed by atoms with Crippen molar-refractivity contribution in [3.05, 3.63) is 24.3 Å². The van der Waals surface area contributed by atoms with Crippen LogP contribution in [0.2, 0.25) is 0 Å². The smallest absolute Gasteiger partial charge is 0.244 e. The zero-order valence-corrected chi connectivity index (χ0v) is 9.91. The van der Waals surface area contributed by atoms with E-state index in [1.54, 1.807) is 11.8 Å². The van der Waals surface area contributed by atoms with Crippen molar-refractivity contribution in [2.75, 3.05) is 18.1 Å². The van der Waals surface area contributed by atoms with Gasteiger partial charge in [0.1, 0.15) is 11.1 Å². The summed E-state index contributed by atoms with van der Waals surface area (Å²) in [5.41, 5.74) is 0.817. The molecule has 16 heavy (non-hydrogen) atoms. The lowest BCUT2D eigenvalue weighted by molar-refractivity contribution is -0.118. The molecule has 1 atom stereocenters. The van der Waals surface area contributed by atoms with E-state index in [-0.39, 0.29) is 5.91 Å². The van der Waals surface area contributed by atoms with Gasteiger partial charge in [-0.25, -0.2) is 0 Å². The highest BCUT2D eigenvalue weighted by atomic mass is 35.5. The van der Waals surface area contributed by atoms with Crippen molar-refractivity contribution in [2.24, 2.45) is 0 Å². The summed E-state index contributed by atoms with van der Waals surface area (Å²) in [4.78, 5) is 13.7. The number of ether oxygens (including phenoxy) is 1. The Bertz CT molecular complexity index is 392. The molecule has 0 N–H and O–H groups in total. The second-order valence-corrected chi connectivity index (χ2v) is 4.43. The number of benzene rings is 1. The zero-order valence-electron chi connectivity index (χ0n) is 9.15. The van der Waals surface area contributed by atoms with Crippen LogP contribution in [0.3, 0.4) is 0 Å². The predicted octanol–water partition coefficient (Wildman–Crippen LogP) is 2.43. The minimum atomic E-state index is -0.508. The number of fused-ring (bicyclic) bond motifs is 1. The summed E-state index contributed by atoms with van der Waals surface area (Å²) in [5, 5.41) is -0.508. The van der Waals surface area contributed by atoms with E-state index >= 15 is 0 Å². The summed E-state index contributed by atoms with van der Waals surface area (Å²) in [6.45, 7) is 2.99. The third kappa shape index (κ3) is 2.14. The number of para-hydroxylation sites is 2. The minimum Gasteiger partial charge on any atom is -0.491 e. The molecule has 1 aliphatic heterocycles. The Balaban J connectivity index is 2.36. The maximum Gasteiger partial charge on any atom is 0.244 e. The number of alkyl halides is 1. The van der Waals surface area contributed by atoms with Gasteiger partial charge in [0.05, 0.1) is 12.3 Å². The molecule has 2 rings (SSSR count). The Hall–Kier alpha value is -1.22. The molecule has 0 bridgehead atoms. The molecule has 4 heteroatoms. The quantitative estimate of drug-likeness (QED) is 0.705. The maximum absolute atomic E-state index is 12.0. The number of amides is 1. The van der Waals surface area contributed by atoms with Crippen molar-refractivity contribution in [2.45, 2.75) is 18.7 Å². The van der Waals surface area contributed by atoms with E-state index in [0.717, 1.165) is 17.9 Å². The van der Waals surface area contributed by atoms with E-state index < -0.39 is 5.38 Å². The fraction of sp³-hybridized carbons (Fsp3) is 0.417. The largest absolute Gasteiger partial charge is 0.491 e. The molecule has 1 aromatic carbocycles. The number of halogens is 1. The number of rotatable bonds is 1. The van der Waals surface area contributed by atoms with E-state index in [2.05, 4.69) is 0 Å². The molecule has 0 saturated heterocycles. The predicted molar refractivity (Wildman–Crippen MR) is 64.2 cm³/mol. The van der Waals surface area contributed by atoms with Crippen molar-refractivity contribution in [1.82, 2.24) is 0 Å². The molecule has 1 unspecified atom stereocenters. The second-order valence-electron chi connectivity index (χ2n) is 3.78. The van der Waals surface area contributed by atoms with E-state index in [9.17, 15) is 4.79 Å². The summed E-state index contributed by atoms with van der Waals surface area (Å²) in [6.07, 6.45) is 0.823. The lowest BCUT2D eigenvalue weighted by Gasteiger charge is -2.22. The van der Waals surface area contributed by atoms with Crippen LogP contribution in [0.5, 0.6) is 5.75 Å². The second kappa shape index (κ2) is 4.74. The van der Waals surface area contributed by atoms with Gasteiger partial charge in [0.15, 0.2) is 0 Å². The van der Waals surface area contributed by atoms with Gasteiger partial charge < -0.3 is 9.64 Å². The van der Waals surface area contributed by atoms with Crippen LogP contribution in [0.4, 0.5) is 5.69 Å². The van der Waals surface area contributed by atoms with Gasteiger partial charge in [-0.15, -0.1) is 11.6 Å². The topological polar surface area (TPSA) is 29.5 Å². The molecule has 0 aromatic heterocycles. The fourth-order valence-corrected chi connectivity index (χ4v) is 1.89. The highest BCUT2D eigenvalue weighted by Crippen LogP contribution is 2.31. The fourth-order valence-electron chi connectivity index (χ4n) is 1.77. The molecule has 0 spiro atoms. The molecule has 3 nitrogen and oxygen atoms in total. The highest BCUT2D eigenvalue weighted by Gasteiger charge is 2.24. The van der Waals surface area contributed by atoms with Gasteiger partial charge in [0.2, 0.25) is 5.91 Å². The van der Waals surface area contributed by atoms with E-state index in [1.165, 1.54) is 0 Å². The van der Waals surface area contributed by atoms with Crippen LogP contribution in [-0.2, 0) is 4.79 Å². The molecule has 86 valence electrons. The minimum absolute atomic E-state index is 0.0698. The van der Waals surface area contributed by atoms with Gasteiger partial charge in [-0.2, -0.15) is 0 Å². The Morgan fingerprint density at radius 3 is 3.00 bits per heavy atom. The Labute approximate surface area is 100.0 Å². The van der Waals surface area contributed by atoms with Crippen LogP contribution < -0.4 is 9.64 Å². The summed E-state index contributed by atoms with van der Waals surface area (Å²) >= 11 is 5.85. The lowest BCUT2D eigenvalue weighted by atomic mass is 10.2. The van der Waals surface area contributed by atoms with Crippen LogP contribution in [0.15, 0.2) is 24.3 Å². The molecular formula is C12H14ClNO2. The Morgan fingerprint density at radius 1 is 1.50 bits per heavy atom. The van der Waals surface area contributed by atoms with Gasteiger partial charge in [-0.05, 0) is 25.5 Å². The first-order chi connectivity index (χ1) is 7.70. The summed E-state index contributed by atoms with van der Waals surface area (Å²) in [6, 6.07) is 7.56. The summed E-state index contributed by atoms with van der Waals surface area (Å²) in [7, 11) is 0. The molecule has 0 aliphatic carbocycles. The highest BCUT2D eigenvalue weighted by molar-refractivity contribution is 6.32. The number of anilines is 1. The third-order valence-corrected chi connectivity index (χ3v) is 2.73. The van der Waals surface area contributed by atoms with Crippen LogP contribution in [0.1, 0.15) is 13.3 Å². The van der Waals surface area contributed by atoms with Crippen molar-refractivity contribution in [3.8, 4) is 5.75 Å². The SMILES string of the molecule is CC(Cl)C(=O)N1CCCOc2ccccc21. The molecule has 1 aliphatic rings. The van der Waals surface area contributed by atoms with Gasteiger partial charge in [-0.1, -0.05) is 12.1 Å². The zero-order chi connectivity index (χ0) is 11.5. The molecule has 0 radical (unpaired) electrons. The number of hydrogen-bond acceptors (Lipinski definition) is 2. The van der Waals surface area contributed by atoms with E-state index in [0.29, 0.717) is 13.2 Å². The normalized spacial score (nSPS) is 17.0. The van der Waals surface area contributed by atoms with Gasteiger partial charge in [0.25, 0.3) is 0 Å². The molecule has 1 aromatic rings. The molecule has 1 heterocycles. The van der Waals surface area contributed by atoms with Crippen LogP contribution in [-0.4, -0.2) is 24.4 Å². The van der Waals surface area contributed by atoms with Gasteiger partial charge in [-0.3, -0.25) is 4.79 Å². The monoisotopic (exact) mass is 239 g/mol. The van der Waals surface area contributed by atoms with Crippen LogP contribution in [0.25, 0.3) is 0 Å². The molecule has 0 fully saturated rings. The molecule has 1 amide bonds. The maximum atomic E-state index is 12.0. The summed E-state index contributed by atoms with van der Waals surface area (Å²) < 4.78 is 5.57. The average Bonchev–Trinajstić information content (AvgIpc) is 2.50. The Morgan fingerprint density at radius 2 is 2.25 bits per heavy atom. The number of carbonyl (C=O) groups is 1. The van der Waals surface area contributed by atoms with E-state index in [4.69, 9.17) is 16.3 Å². The Kier molecular flexibility index (Phi) is 3.34. The number of carbonyl (C=O) groups excluding carboxylic acids is 1. The van der Waals surface area contributed by atoms with Gasteiger partial charge in [0, 0.05) is 6.54 Å². The van der Waals surface area contributed by atoms with E-state index in [1.807, 2.05) is 24.3 Å². The summed E-state index contributed by atoms with van der Waals surface area (Å²) in [5.74, 6) is 0.685. The van der Waals surface area contributed by atoms with Crippen molar-refractivity contribution in [1.29, 1.82) is 0 Å². The van der Waals surface area contributed by atoms with Crippen molar-refractivity contribution >= 4 is 23.2 Å².